The second kappa shape index (κ2) is 12.1. The number of rotatable bonds is 10. The maximum Gasteiger partial charge on any atom is 0.326 e. The number of aliphatic carboxylic acids is 1. The average Bonchev–Trinajstić information content (AvgIpc) is 3.42. The minimum Gasteiger partial charge on any atom is -0.495 e. The molecular weight excluding hydrogens is 474 g/mol. The summed E-state index contributed by atoms with van der Waals surface area (Å²) in [6.07, 6.45) is 1.99. The van der Waals surface area contributed by atoms with Crippen molar-refractivity contribution in [3.63, 3.8) is 0 Å². The molecule has 1 aromatic heterocycles. The van der Waals surface area contributed by atoms with Crippen molar-refractivity contribution >= 4 is 29.6 Å². The number of carboxylic acid groups (broad SMARTS) is 1. The van der Waals surface area contributed by atoms with Crippen molar-refractivity contribution < 1.29 is 19.4 Å². The van der Waals surface area contributed by atoms with Crippen LogP contribution in [0.1, 0.15) is 42.3 Å². The first-order chi connectivity index (χ1) is 17.9. The van der Waals surface area contributed by atoms with Gasteiger partial charge in [0.05, 0.1) is 25.3 Å². The topological polar surface area (TPSA) is 142 Å². The number of methoxy groups -OCH3 is 1. The molecule has 0 radical (unpaired) electrons. The van der Waals surface area contributed by atoms with Crippen LogP contribution in [0.5, 0.6) is 5.75 Å². The van der Waals surface area contributed by atoms with Gasteiger partial charge in [-0.25, -0.2) is 4.79 Å². The lowest BCUT2D eigenvalue weighted by molar-refractivity contribution is -0.136. The summed E-state index contributed by atoms with van der Waals surface area (Å²) >= 11 is 0. The number of nitrogens with zero attached hydrogens (tertiary/aromatic N) is 4. The quantitative estimate of drug-likeness (QED) is 0.325. The zero-order chi connectivity index (χ0) is 26.2. The number of carboxylic acids is 1. The van der Waals surface area contributed by atoms with Gasteiger partial charge in [0.25, 0.3) is 0 Å². The number of hydrogen-bond acceptors (Lipinski definition) is 8. The molecule has 37 heavy (non-hydrogen) atoms. The number of benzene rings is 2. The van der Waals surface area contributed by atoms with E-state index in [9.17, 15) is 9.59 Å². The van der Waals surface area contributed by atoms with Crippen molar-refractivity contribution in [2.45, 2.75) is 32.2 Å². The van der Waals surface area contributed by atoms with Gasteiger partial charge in [-0.05, 0) is 37.5 Å². The fraction of sp³-hybridized carbons (Fsp3) is 0.346. The van der Waals surface area contributed by atoms with Crippen LogP contribution in [-0.4, -0.2) is 58.8 Å². The predicted octanol–water partition coefficient (Wildman–Crippen LogP) is 3.59. The van der Waals surface area contributed by atoms with Gasteiger partial charge in [0.1, 0.15) is 5.75 Å². The molecule has 11 heteroatoms. The molecule has 2 amide bonds. The summed E-state index contributed by atoms with van der Waals surface area (Å²) in [7, 11) is 1.53. The zero-order valence-electron chi connectivity index (χ0n) is 20.9. The largest absolute Gasteiger partial charge is 0.495 e. The Morgan fingerprint density at radius 2 is 1.84 bits per heavy atom. The second-order valence-corrected chi connectivity index (χ2v) is 8.74. The minimum atomic E-state index is -0.903. The van der Waals surface area contributed by atoms with Gasteiger partial charge >= 0.3 is 12.0 Å². The average molecular weight is 506 g/mol. The number of nitrogens with one attached hydrogen (secondary N) is 3. The summed E-state index contributed by atoms with van der Waals surface area (Å²) in [4.78, 5) is 39.9. The molecule has 1 atom stereocenters. The number of aromatic nitrogens is 3. The van der Waals surface area contributed by atoms with Gasteiger partial charge in [-0.1, -0.05) is 42.0 Å². The highest BCUT2D eigenvalue weighted by molar-refractivity contribution is 5.99. The van der Waals surface area contributed by atoms with Crippen molar-refractivity contribution in [2.75, 3.05) is 42.3 Å². The molecule has 2 heterocycles. The van der Waals surface area contributed by atoms with Gasteiger partial charge < -0.3 is 25.4 Å². The van der Waals surface area contributed by atoms with E-state index >= 15 is 0 Å². The first kappa shape index (κ1) is 25.8. The summed E-state index contributed by atoms with van der Waals surface area (Å²) in [5.74, 6) is 0.568. The van der Waals surface area contributed by atoms with Gasteiger partial charge in [0.15, 0.2) is 5.82 Å². The lowest BCUT2D eigenvalue weighted by atomic mass is 10.0. The standard InChI is InChI=1S/C26H31N7O4/c1-17-8-7-9-18(16-17)22(27-13-12-21(34)35)23-29-24(31-25(30-23)33-14-5-6-15-33)32-26(36)28-19-10-3-4-11-20(19)37-2/h3-4,7-11,16,22,27H,5-6,12-15H2,1-2H3,(H,34,35)(H2,28,29,30,31,32,36). The van der Waals surface area contributed by atoms with E-state index in [2.05, 4.69) is 30.8 Å². The third-order valence-corrected chi connectivity index (χ3v) is 5.93. The molecule has 11 nitrogen and oxygen atoms in total. The van der Waals surface area contributed by atoms with Crippen molar-refractivity contribution in [1.29, 1.82) is 0 Å². The molecule has 0 saturated carbocycles. The third-order valence-electron chi connectivity index (χ3n) is 5.93. The van der Waals surface area contributed by atoms with Crippen LogP contribution in [0, 0.1) is 6.92 Å². The molecule has 1 unspecified atom stereocenters. The van der Waals surface area contributed by atoms with Crippen LogP contribution in [0.3, 0.4) is 0 Å². The Morgan fingerprint density at radius 3 is 2.57 bits per heavy atom. The second-order valence-electron chi connectivity index (χ2n) is 8.74. The monoisotopic (exact) mass is 505 g/mol. The third kappa shape index (κ3) is 6.91. The molecule has 0 bridgehead atoms. The Morgan fingerprint density at radius 1 is 1.05 bits per heavy atom. The van der Waals surface area contributed by atoms with Crippen LogP contribution in [-0.2, 0) is 4.79 Å². The van der Waals surface area contributed by atoms with Gasteiger partial charge in [-0.3, -0.25) is 10.1 Å². The minimum absolute atomic E-state index is 0.0567. The van der Waals surface area contributed by atoms with Crippen LogP contribution in [0.15, 0.2) is 48.5 Å². The van der Waals surface area contributed by atoms with E-state index in [-0.39, 0.29) is 18.9 Å². The molecule has 0 spiro atoms. The molecule has 3 aromatic rings. The van der Waals surface area contributed by atoms with Crippen LogP contribution in [0.25, 0.3) is 0 Å². The van der Waals surface area contributed by atoms with Crippen molar-refractivity contribution in [3.8, 4) is 5.75 Å². The van der Waals surface area contributed by atoms with Crippen LogP contribution >= 0.6 is 0 Å². The highest BCUT2D eigenvalue weighted by Crippen LogP contribution is 2.26. The molecule has 2 aromatic carbocycles. The Hall–Kier alpha value is -4.25. The summed E-state index contributed by atoms with van der Waals surface area (Å²) in [6, 6.07) is 13.9. The first-order valence-corrected chi connectivity index (χ1v) is 12.2. The van der Waals surface area contributed by atoms with Gasteiger partial charge in [0.2, 0.25) is 11.9 Å². The normalized spacial score (nSPS) is 13.7. The van der Waals surface area contributed by atoms with Crippen molar-refractivity contribution in [3.05, 3.63) is 65.5 Å². The molecule has 1 fully saturated rings. The van der Waals surface area contributed by atoms with E-state index in [0.29, 0.717) is 23.2 Å². The first-order valence-electron chi connectivity index (χ1n) is 12.2. The fourth-order valence-electron chi connectivity index (χ4n) is 4.16. The Bertz CT molecular complexity index is 1250. The predicted molar refractivity (Wildman–Crippen MR) is 140 cm³/mol. The lowest BCUT2D eigenvalue weighted by Gasteiger charge is -2.22. The highest BCUT2D eigenvalue weighted by Gasteiger charge is 2.24. The molecule has 4 rings (SSSR count). The van der Waals surface area contributed by atoms with Crippen LogP contribution in [0.2, 0.25) is 0 Å². The summed E-state index contributed by atoms with van der Waals surface area (Å²) in [5, 5.41) is 17.9. The van der Waals surface area contributed by atoms with Crippen LogP contribution in [0.4, 0.5) is 22.4 Å². The maximum absolute atomic E-state index is 12.9. The number of aryl methyl sites for hydroxylation is 1. The number of carbonyl (C=O) groups excluding carboxylic acids is 1. The van der Waals surface area contributed by atoms with Gasteiger partial charge in [-0.2, -0.15) is 15.0 Å². The number of amides is 2. The number of ether oxygens (including phenoxy) is 1. The Labute approximate surface area is 215 Å². The van der Waals surface area contributed by atoms with E-state index in [0.717, 1.165) is 37.1 Å². The Balaban J connectivity index is 1.66. The molecule has 4 N–H and O–H groups in total. The number of para-hydroxylation sites is 2. The van der Waals surface area contributed by atoms with E-state index in [1.807, 2.05) is 37.3 Å². The number of anilines is 3. The van der Waals surface area contributed by atoms with E-state index in [4.69, 9.17) is 14.8 Å². The van der Waals surface area contributed by atoms with Crippen molar-refractivity contribution in [2.24, 2.45) is 0 Å². The highest BCUT2D eigenvalue weighted by atomic mass is 16.5. The summed E-state index contributed by atoms with van der Waals surface area (Å²) in [6.45, 7) is 3.81. The zero-order valence-corrected chi connectivity index (χ0v) is 20.9. The molecule has 1 aliphatic heterocycles. The van der Waals surface area contributed by atoms with E-state index < -0.39 is 18.0 Å². The molecule has 0 aliphatic carbocycles. The Kier molecular flexibility index (Phi) is 8.47. The van der Waals surface area contributed by atoms with E-state index in [1.165, 1.54) is 7.11 Å². The molecule has 1 saturated heterocycles. The fourth-order valence-corrected chi connectivity index (χ4v) is 4.16. The summed E-state index contributed by atoms with van der Waals surface area (Å²) in [5.41, 5.74) is 2.43. The summed E-state index contributed by atoms with van der Waals surface area (Å²) < 4.78 is 5.31. The number of hydrogen-bond donors (Lipinski definition) is 4. The van der Waals surface area contributed by atoms with Crippen molar-refractivity contribution in [1.82, 2.24) is 20.3 Å². The van der Waals surface area contributed by atoms with Crippen LogP contribution < -0.4 is 25.6 Å². The molecular formula is C26H31N7O4. The SMILES string of the molecule is COc1ccccc1NC(=O)Nc1nc(C(NCCC(=O)O)c2cccc(C)c2)nc(N2CCCC2)n1. The molecule has 194 valence electrons. The smallest absolute Gasteiger partial charge is 0.326 e. The number of urea groups is 1. The van der Waals surface area contributed by atoms with Gasteiger partial charge in [0, 0.05) is 19.6 Å². The lowest BCUT2D eigenvalue weighted by Crippen LogP contribution is -2.30. The molecule has 1 aliphatic rings. The maximum atomic E-state index is 12.9. The van der Waals surface area contributed by atoms with E-state index in [1.54, 1.807) is 18.2 Å². The van der Waals surface area contributed by atoms with Gasteiger partial charge in [-0.15, -0.1) is 0 Å². The number of carbonyl (C=O) groups is 2.